The first-order valence-corrected chi connectivity index (χ1v) is 12.5. The largest absolute Gasteiger partial charge is 0.369 e. The number of fused-ring (bicyclic) bond motifs is 1. The number of anilines is 1. The molecule has 10 heteroatoms. The van der Waals surface area contributed by atoms with Gasteiger partial charge in [-0.15, -0.1) is 0 Å². The molecule has 3 aliphatic heterocycles. The van der Waals surface area contributed by atoms with Gasteiger partial charge in [0.15, 0.2) is 0 Å². The van der Waals surface area contributed by atoms with E-state index in [0.29, 0.717) is 37.3 Å². The predicted molar refractivity (Wildman–Crippen MR) is 124 cm³/mol. The zero-order valence-corrected chi connectivity index (χ0v) is 19.7. The summed E-state index contributed by atoms with van der Waals surface area (Å²) in [7, 11) is 0. The van der Waals surface area contributed by atoms with Crippen molar-refractivity contribution in [2.24, 2.45) is 11.8 Å². The van der Waals surface area contributed by atoms with Crippen LogP contribution in [-0.4, -0.2) is 72.3 Å². The van der Waals surface area contributed by atoms with Crippen LogP contribution in [0.2, 0.25) is 0 Å². The Hall–Kier alpha value is -3.01. The number of carbonyl (C=O) groups is 4. The van der Waals surface area contributed by atoms with Gasteiger partial charge in [0, 0.05) is 61.5 Å². The normalized spacial score (nSPS) is 27.6. The molecule has 9 nitrogen and oxygen atoms in total. The third-order valence-corrected chi connectivity index (χ3v) is 8.02. The summed E-state index contributed by atoms with van der Waals surface area (Å²) in [5, 5.41) is 2.34. The standard InChI is InChI=1S/C25H31FN4O5/c26-35-25(34)17-3-1-16(2-4-17)14-28-9-11-29(12-10-28)19-6-5-18-15-30(24(33)20(18)13-19)21-7-8-22(31)27-23(21)32/h5-6,13,16-17,21H,1-4,7-12,14-15H2,(H,27,31,32)/t16?,17?,21-/m1/s1. The second kappa shape index (κ2) is 9.93. The van der Waals surface area contributed by atoms with Gasteiger partial charge in [-0.1, -0.05) is 6.07 Å². The average molecular weight is 487 g/mol. The maximum absolute atomic E-state index is 13.1. The van der Waals surface area contributed by atoms with Crippen LogP contribution in [0.1, 0.15) is 54.4 Å². The van der Waals surface area contributed by atoms with Crippen LogP contribution in [0.25, 0.3) is 0 Å². The maximum Gasteiger partial charge on any atom is 0.351 e. The smallest absolute Gasteiger partial charge is 0.351 e. The number of carbonyl (C=O) groups excluding carboxylic acids is 4. The molecule has 1 atom stereocenters. The van der Waals surface area contributed by atoms with E-state index in [-0.39, 0.29) is 24.2 Å². The second-order valence-electron chi connectivity index (χ2n) is 10.1. The lowest BCUT2D eigenvalue weighted by atomic mass is 9.82. The number of rotatable bonds is 5. The Morgan fingerprint density at radius 3 is 2.46 bits per heavy atom. The van der Waals surface area contributed by atoms with Gasteiger partial charge in [-0.2, -0.15) is 0 Å². The minimum absolute atomic E-state index is 0.151. The lowest BCUT2D eigenvalue weighted by molar-refractivity contribution is -0.190. The molecule has 3 heterocycles. The van der Waals surface area contributed by atoms with Crippen LogP contribution >= 0.6 is 0 Å². The molecule has 188 valence electrons. The van der Waals surface area contributed by atoms with Crippen molar-refractivity contribution in [3.05, 3.63) is 29.3 Å². The van der Waals surface area contributed by atoms with Crippen molar-refractivity contribution >= 4 is 29.4 Å². The van der Waals surface area contributed by atoms with Gasteiger partial charge < -0.3 is 9.80 Å². The third-order valence-electron chi connectivity index (χ3n) is 8.02. The Kier molecular flexibility index (Phi) is 6.73. The van der Waals surface area contributed by atoms with Gasteiger partial charge in [-0.05, 0) is 55.7 Å². The number of hydrogen-bond donors (Lipinski definition) is 1. The van der Waals surface area contributed by atoms with Gasteiger partial charge in [0.25, 0.3) is 5.91 Å². The third kappa shape index (κ3) is 4.89. The first kappa shape index (κ1) is 23.7. The molecule has 1 N–H and O–H groups in total. The monoisotopic (exact) mass is 486 g/mol. The first-order chi connectivity index (χ1) is 16.9. The van der Waals surface area contributed by atoms with E-state index in [1.165, 1.54) is 0 Å². The molecule has 0 radical (unpaired) electrons. The SMILES string of the molecule is O=C1CC[C@@H](N2Cc3ccc(N4CCN(CC5CCC(C(=O)OF)CC5)CC4)cc3C2=O)C(=O)N1. The predicted octanol–water partition coefficient (Wildman–Crippen LogP) is 1.80. The minimum atomic E-state index is -0.731. The van der Waals surface area contributed by atoms with E-state index in [1.54, 1.807) is 4.90 Å². The molecule has 2 saturated heterocycles. The zero-order valence-electron chi connectivity index (χ0n) is 19.7. The first-order valence-electron chi connectivity index (χ1n) is 12.5. The Morgan fingerprint density at radius 2 is 1.77 bits per heavy atom. The van der Waals surface area contributed by atoms with Gasteiger partial charge in [0.1, 0.15) is 6.04 Å². The van der Waals surface area contributed by atoms with Crippen LogP contribution < -0.4 is 10.2 Å². The van der Waals surface area contributed by atoms with Crippen LogP contribution in [0.15, 0.2) is 18.2 Å². The molecule has 3 amide bonds. The van der Waals surface area contributed by atoms with E-state index in [2.05, 4.69) is 20.1 Å². The molecule has 1 aromatic rings. The van der Waals surface area contributed by atoms with Crippen molar-refractivity contribution in [3.63, 3.8) is 0 Å². The molecule has 0 aromatic heterocycles. The van der Waals surface area contributed by atoms with Gasteiger partial charge >= 0.3 is 5.97 Å². The van der Waals surface area contributed by atoms with Crippen molar-refractivity contribution < 1.29 is 28.6 Å². The van der Waals surface area contributed by atoms with Crippen LogP contribution in [0.3, 0.4) is 0 Å². The summed E-state index contributed by atoms with van der Waals surface area (Å²) in [4.78, 5) is 57.9. The van der Waals surface area contributed by atoms with E-state index >= 15 is 0 Å². The molecular formula is C25H31FN4O5. The maximum atomic E-state index is 13.1. The fourth-order valence-corrected chi connectivity index (χ4v) is 5.94. The fourth-order valence-electron chi connectivity index (χ4n) is 5.94. The molecule has 1 aliphatic carbocycles. The Balaban J connectivity index is 1.14. The number of hydrogen-bond acceptors (Lipinski definition) is 7. The number of amides is 3. The molecule has 5 rings (SSSR count). The molecule has 1 saturated carbocycles. The highest BCUT2D eigenvalue weighted by Gasteiger charge is 2.39. The fraction of sp³-hybridized carbons (Fsp3) is 0.600. The lowest BCUT2D eigenvalue weighted by Crippen LogP contribution is -2.52. The van der Waals surface area contributed by atoms with E-state index in [9.17, 15) is 23.7 Å². The van der Waals surface area contributed by atoms with Crippen molar-refractivity contribution in [2.45, 2.75) is 51.1 Å². The highest BCUT2D eigenvalue weighted by atomic mass is 19.3. The van der Waals surface area contributed by atoms with Gasteiger partial charge in [0.2, 0.25) is 11.8 Å². The van der Waals surface area contributed by atoms with Crippen molar-refractivity contribution in [1.82, 2.24) is 15.1 Å². The summed E-state index contributed by atoms with van der Waals surface area (Å²) in [6.07, 6.45) is 3.81. The van der Waals surface area contributed by atoms with Crippen LogP contribution in [0.4, 0.5) is 10.2 Å². The Morgan fingerprint density at radius 1 is 1.03 bits per heavy atom. The molecule has 0 bridgehead atoms. The summed E-state index contributed by atoms with van der Waals surface area (Å²) < 4.78 is 12.1. The average Bonchev–Trinajstić information content (AvgIpc) is 3.20. The Bertz CT molecular complexity index is 1020. The topological polar surface area (TPSA) is 99.3 Å². The molecular weight excluding hydrogens is 455 g/mol. The van der Waals surface area contributed by atoms with Crippen molar-refractivity contribution in [3.8, 4) is 0 Å². The quantitative estimate of drug-likeness (QED) is 0.634. The highest BCUT2D eigenvalue weighted by molar-refractivity contribution is 6.05. The molecule has 0 spiro atoms. The summed E-state index contributed by atoms with van der Waals surface area (Å²) in [5.74, 6) is -1.35. The van der Waals surface area contributed by atoms with Crippen molar-refractivity contribution in [2.75, 3.05) is 37.6 Å². The lowest BCUT2D eigenvalue weighted by Gasteiger charge is -2.38. The highest BCUT2D eigenvalue weighted by Crippen LogP contribution is 2.32. The number of imide groups is 1. The summed E-state index contributed by atoms with van der Waals surface area (Å²) in [5.41, 5.74) is 2.56. The van der Waals surface area contributed by atoms with E-state index in [0.717, 1.165) is 56.8 Å². The van der Waals surface area contributed by atoms with E-state index in [1.807, 2.05) is 18.2 Å². The number of halogens is 1. The summed E-state index contributed by atoms with van der Waals surface area (Å²) in [6, 6.07) is 5.35. The van der Waals surface area contributed by atoms with E-state index in [4.69, 9.17) is 0 Å². The molecule has 4 aliphatic rings. The summed E-state index contributed by atoms with van der Waals surface area (Å²) in [6.45, 7) is 4.91. The van der Waals surface area contributed by atoms with Gasteiger partial charge in [-0.25, -0.2) is 4.79 Å². The van der Waals surface area contributed by atoms with Gasteiger partial charge in [0.05, 0.1) is 5.92 Å². The Labute approximate surface area is 203 Å². The number of benzene rings is 1. The molecule has 35 heavy (non-hydrogen) atoms. The van der Waals surface area contributed by atoms with E-state index < -0.39 is 17.9 Å². The second-order valence-corrected chi connectivity index (χ2v) is 10.1. The van der Waals surface area contributed by atoms with Crippen LogP contribution in [-0.2, 0) is 25.9 Å². The van der Waals surface area contributed by atoms with Crippen molar-refractivity contribution in [1.29, 1.82) is 0 Å². The number of nitrogens with one attached hydrogen (secondary N) is 1. The zero-order chi connectivity index (χ0) is 24.5. The summed E-state index contributed by atoms with van der Waals surface area (Å²) >= 11 is 0. The minimum Gasteiger partial charge on any atom is -0.369 e. The van der Waals surface area contributed by atoms with Crippen LogP contribution in [0, 0.1) is 11.8 Å². The van der Waals surface area contributed by atoms with Crippen LogP contribution in [0.5, 0.6) is 0 Å². The number of piperazine rings is 1. The molecule has 0 unspecified atom stereocenters. The number of piperidine rings is 1. The molecule has 3 fully saturated rings. The molecule has 1 aromatic carbocycles. The number of nitrogens with zero attached hydrogens (tertiary/aromatic N) is 3. The van der Waals surface area contributed by atoms with Gasteiger partial charge in [-0.3, -0.25) is 29.5 Å².